The second kappa shape index (κ2) is 15.9. The summed E-state index contributed by atoms with van der Waals surface area (Å²) in [6, 6.07) is 14.8. The number of nitrogens with one attached hydrogen (secondary N) is 4. The number of phenols is 2. The lowest BCUT2D eigenvalue weighted by atomic mass is 9.91. The third-order valence-electron chi connectivity index (χ3n) is 11.2. The summed E-state index contributed by atoms with van der Waals surface area (Å²) in [4.78, 5) is 55.8. The van der Waals surface area contributed by atoms with Gasteiger partial charge in [-0.15, -0.1) is 0 Å². The number of hydrogen-bond acceptors (Lipinski definition) is 14. The Kier molecular flexibility index (Phi) is 10.7. The summed E-state index contributed by atoms with van der Waals surface area (Å²) < 4.78 is 24.9. The van der Waals surface area contributed by atoms with Crippen LogP contribution in [0.5, 0.6) is 11.5 Å². The number of benzene rings is 3. The quantitative estimate of drug-likeness (QED) is 0.0853. The zero-order valence-electron chi connectivity index (χ0n) is 32.1. The number of imidazole rings is 1. The van der Waals surface area contributed by atoms with Gasteiger partial charge in [0.2, 0.25) is 16.0 Å². The highest BCUT2D eigenvalue weighted by Gasteiger charge is 2.51. The number of aromatic nitrogens is 4. The SMILES string of the molecule is CC1NC(=O)N([C@H]2C[C@@H](n3cnc4c(NCC(c5ccc(O)cc5)c5ccc(O)cc5)nc(N5CCC(NC(=O)Nc6ccc(S(N)(=O)=O)cc6)C5)nc43)[C@H](O)[C@@H]2O)C1=O. The summed E-state index contributed by atoms with van der Waals surface area (Å²) in [5.74, 6) is 0.00418. The minimum atomic E-state index is -3.90. The van der Waals surface area contributed by atoms with E-state index in [2.05, 4.69) is 26.3 Å². The first kappa shape index (κ1) is 40.2. The van der Waals surface area contributed by atoms with Gasteiger partial charge in [-0.1, -0.05) is 24.3 Å². The minimum Gasteiger partial charge on any atom is -0.508 e. The van der Waals surface area contributed by atoms with Crippen LogP contribution >= 0.6 is 0 Å². The predicted octanol–water partition coefficient (Wildman–Crippen LogP) is 1.50. The molecule has 1 saturated carbocycles. The number of rotatable bonds is 11. The maximum Gasteiger partial charge on any atom is 0.325 e. The fourth-order valence-electron chi connectivity index (χ4n) is 8.05. The van der Waals surface area contributed by atoms with Crippen LogP contribution in [0.25, 0.3) is 11.2 Å². The van der Waals surface area contributed by atoms with Gasteiger partial charge in [0, 0.05) is 37.3 Å². The zero-order valence-corrected chi connectivity index (χ0v) is 32.9. The fourth-order valence-corrected chi connectivity index (χ4v) is 8.57. The van der Waals surface area contributed by atoms with Crippen LogP contribution in [0.1, 0.15) is 42.9 Å². The van der Waals surface area contributed by atoms with Crippen LogP contribution in [0.15, 0.2) is 84.0 Å². The van der Waals surface area contributed by atoms with Crippen LogP contribution in [-0.2, 0) is 14.8 Å². The molecule has 314 valence electrons. The molecule has 2 unspecified atom stereocenters. The van der Waals surface area contributed by atoms with Crippen molar-refractivity contribution in [2.75, 3.05) is 35.2 Å². The maximum absolute atomic E-state index is 13.0. The second-order valence-corrected chi connectivity index (χ2v) is 16.7. The van der Waals surface area contributed by atoms with Crippen molar-refractivity contribution in [3.8, 4) is 11.5 Å². The van der Waals surface area contributed by atoms with E-state index in [1.165, 1.54) is 30.6 Å². The molecule has 3 aliphatic rings. The molecule has 6 atom stereocenters. The first-order valence-corrected chi connectivity index (χ1v) is 20.7. The number of imide groups is 1. The Labute approximate surface area is 343 Å². The number of urea groups is 2. The van der Waals surface area contributed by atoms with Gasteiger partial charge in [-0.3, -0.25) is 9.69 Å². The fraction of sp³-hybridized carbons (Fsp3) is 0.333. The predicted molar refractivity (Wildman–Crippen MR) is 217 cm³/mol. The first-order chi connectivity index (χ1) is 28.6. The maximum atomic E-state index is 13.0. The van der Waals surface area contributed by atoms with E-state index in [0.717, 1.165) is 16.0 Å². The van der Waals surface area contributed by atoms with Crippen molar-refractivity contribution >= 4 is 56.6 Å². The zero-order chi connectivity index (χ0) is 42.5. The lowest BCUT2D eigenvalue weighted by Gasteiger charge is -2.24. The number of carbonyl (C=O) groups is 3. The van der Waals surface area contributed by atoms with Gasteiger partial charge < -0.3 is 51.2 Å². The minimum absolute atomic E-state index is 0.0150. The third kappa shape index (κ3) is 7.94. The number of nitrogens with zero attached hydrogens (tertiary/aromatic N) is 6. The van der Waals surface area contributed by atoms with Gasteiger partial charge in [0.15, 0.2) is 17.0 Å². The Bertz CT molecular complexity index is 2490. The van der Waals surface area contributed by atoms with Crippen molar-refractivity contribution in [3.63, 3.8) is 0 Å². The van der Waals surface area contributed by atoms with Gasteiger partial charge in [0.05, 0.1) is 23.3 Å². The number of sulfonamides is 1. The van der Waals surface area contributed by atoms with Crippen LogP contribution in [0.2, 0.25) is 0 Å². The summed E-state index contributed by atoms with van der Waals surface area (Å²) in [7, 11) is -3.90. The lowest BCUT2D eigenvalue weighted by Crippen LogP contribution is -2.47. The molecule has 2 aliphatic heterocycles. The number of hydrogen-bond donors (Lipinski definition) is 9. The van der Waals surface area contributed by atoms with E-state index in [-0.39, 0.29) is 47.3 Å². The molecule has 0 radical (unpaired) electrons. The first-order valence-electron chi connectivity index (χ1n) is 19.2. The van der Waals surface area contributed by atoms with Gasteiger partial charge in [-0.05, 0) is 79.4 Å². The van der Waals surface area contributed by atoms with Gasteiger partial charge in [-0.2, -0.15) is 9.97 Å². The molecule has 5 amide bonds. The average molecular weight is 842 g/mol. The highest BCUT2D eigenvalue weighted by molar-refractivity contribution is 7.89. The van der Waals surface area contributed by atoms with E-state index in [0.29, 0.717) is 42.2 Å². The molecule has 0 spiro atoms. The number of carbonyl (C=O) groups excluding carboxylic acids is 3. The van der Waals surface area contributed by atoms with Gasteiger partial charge in [-0.25, -0.2) is 28.1 Å². The number of fused-ring (bicyclic) bond motifs is 1. The number of anilines is 3. The molecule has 20 nitrogen and oxygen atoms in total. The van der Waals surface area contributed by atoms with Crippen molar-refractivity contribution in [3.05, 3.63) is 90.3 Å². The van der Waals surface area contributed by atoms with E-state index in [1.54, 1.807) is 60.0 Å². The van der Waals surface area contributed by atoms with Gasteiger partial charge >= 0.3 is 12.1 Å². The third-order valence-corrected chi connectivity index (χ3v) is 12.1. The van der Waals surface area contributed by atoms with E-state index >= 15 is 0 Å². The molecule has 10 N–H and O–H groups in total. The molecule has 8 rings (SSSR count). The van der Waals surface area contributed by atoms with Crippen LogP contribution in [0.3, 0.4) is 0 Å². The van der Waals surface area contributed by atoms with Crippen LogP contribution in [0, 0.1) is 0 Å². The summed E-state index contributed by atoms with van der Waals surface area (Å²) in [5.41, 5.74) is 2.71. The highest BCUT2D eigenvalue weighted by atomic mass is 32.2. The second-order valence-electron chi connectivity index (χ2n) is 15.1. The van der Waals surface area contributed by atoms with Gasteiger partial charge in [0.1, 0.15) is 29.7 Å². The monoisotopic (exact) mass is 841 g/mol. The van der Waals surface area contributed by atoms with Crippen molar-refractivity contribution in [1.82, 2.24) is 35.1 Å². The van der Waals surface area contributed by atoms with Crippen LogP contribution < -0.4 is 31.3 Å². The Morgan fingerprint density at radius 1 is 0.933 bits per heavy atom. The molecule has 5 aromatic rings. The van der Waals surface area contributed by atoms with E-state index < -0.39 is 58.3 Å². The average Bonchev–Trinajstić information content (AvgIpc) is 3.98. The molecule has 0 bridgehead atoms. The summed E-state index contributed by atoms with van der Waals surface area (Å²) in [5, 5.41) is 59.4. The number of aromatic hydroxyl groups is 2. The molecule has 1 aliphatic carbocycles. The normalized spacial score (nSPS) is 23.1. The molecule has 2 saturated heterocycles. The Morgan fingerprint density at radius 3 is 2.17 bits per heavy atom. The molecule has 60 heavy (non-hydrogen) atoms. The number of aliphatic hydroxyl groups excluding tert-OH is 2. The summed E-state index contributed by atoms with van der Waals surface area (Å²) in [6.07, 6.45) is -0.851. The molecule has 21 heteroatoms. The largest absolute Gasteiger partial charge is 0.508 e. The van der Waals surface area contributed by atoms with Crippen molar-refractivity contribution < 1.29 is 43.2 Å². The Morgan fingerprint density at radius 2 is 1.57 bits per heavy atom. The summed E-state index contributed by atoms with van der Waals surface area (Å²) >= 11 is 0. The number of amides is 5. The lowest BCUT2D eigenvalue weighted by molar-refractivity contribution is -0.130. The molecule has 3 fully saturated rings. The standard InChI is InChI=1S/C39H43N11O9S/c1-20-36(55)50(39(57)43-20)30-16-29(32(53)33(30)54)49-19-42-31-34(41-17-28(21-2-8-25(51)9-3-21)22-4-10-26(52)11-5-22)46-37(47-35(31)49)48-15-14-24(18-48)45-38(56)44-23-6-12-27(13-7-23)60(40,58)59/h2-13,19-20,24,28-30,32-33,51-54H,14-18H2,1H3,(H,43,57)(H2,40,58,59)(H,41,46,47)(H2,44,45,56)/t20?,24?,29-,30+,32+,33-/m1/s1. The smallest absolute Gasteiger partial charge is 0.325 e. The van der Waals surface area contributed by atoms with E-state index in [1.807, 2.05) is 4.90 Å². The molecule has 3 aromatic carbocycles. The molecular weight excluding hydrogens is 799 g/mol. The van der Waals surface area contributed by atoms with Crippen molar-refractivity contribution in [2.24, 2.45) is 5.14 Å². The van der Waals surface area contributed by atoms with Crippen molar-refractivity contribution in [1.29, 1.82) is 0 Å². The number of phenolic OH excluding ortho intramolecular Hbond substituents is 2. The topological polar surface area (TPSA) is 290 Å². The number of primary sulfonamides is 1. The summed E-state index contributed by atoms with van der Waals surface area (Å²) in [6.45, 7) is 2.56. The van der Waals surface area contributed by atoms with Crippen LogP contribution in [-0.4, -0.2) is 121 Å². The Hall–Kier alpha value is -6.55. The van der Waals surface area contributed by atoms with Crippen LogP contribution in [0.4, 0.5) is 27.0 Å². The number of aliphatic hydroxyl groups is 2. The molecule has 4 heterocycles. The number of nitrogens with two attached hydrogens (primary N) is 1. The van der Waals surface area contributed by atoms with Gasteiger partial charge in [0.25, 0.3) is 5.91 Å². The highest BCUT2D eigenvalue weighted by Crippen LogP contribution is 2.38. The van der Waals surface area contributed by atoms with E-state index in [9.17, 15) is 43.2 Å². The van der Waals surface area contributed by atoms with E-state index in [4.69, 9.17) is 15.1 Å². The van der Waals surface area contributed by atoms with Crippen molar-refractivity contribution in [2.45, 2.75) is 67.0 Å². The Balaban J connectivity index is 1.09. The molecular formula is C39H43N11O9S. The molecule has 2 aromatic heterocycles.